The fourth-order valence-electron chi connectivity index (χ4n) is 8.01. The third kappa shape index (κ3) is 12.3. The first kappa shape index (κ1) is 41.9. The third-order valence-corrected chi connectivity index (χ3v) is 11.1. The summed E-state index contributed by atoms with van der Waals surface area (Å²) in [6.45, 7) is 16.2. The lowest BCUT2D eigenvalue weighted by Crippen LogP contribution is -2.09. The first-order chi connectivity index (χ1) is 24.5. The quantitative estimate of drug-likeness (QED) is 0.0663. The number of aryl methyl sites for hydroxylation is 4. The van der Waals surface area contributed by atoms with E-state index in [0.717, 1.165) is 56.3 Å². The standard InChI is InChI=1S/C48H76N2/c1-8-15-22-27-38-33-43(34-39(28-23-16-9-2)45(38)31-20-13-6)47-37-42(26-19-12-5)48(50(47)49)44-35-40(29-24-17-10-3)46(32-21-14-7)41(36-44)30-25-18-11-4/h33-37H,8-32H2,1-7H3. The van der Waals surface area contributed by atoms with Crippen LogP contribution in [-0.2, 0) is 38.5 Å². The number of nitrogens with zero attached hydrogens (tertiary/aromatic N) is 2. The van der Waals surface area contributed by atoms with Gasteiger partial charge in [0.05, 0.1) is 0 Å². The maximum atomic E-state index is 12.4. The molecule has 0 saturated heterocycles. The van der Waals surface area contributed by atoms with Crippen molar-refractivity contribution in [3.05, 3.63) is 86.0 Å². The molecule has 0 aromatic heterocycles. The summed E-state index contributed by atoms with van der Waals surface area (Å²) in [5.74, 6) is 0. The number of unbranched alkanes of at least 4 members (excludes halogenated alkanes) is 11. The van der Waals surface area contributed by atoms with Gasteiger partial charge in [-0.3, -0.25) is 0 Å². The Morgan fingerprint density at radius 2 is 0.740 bits per heavy atom. The van der Waals surface area contributed by atoms with Crippen LogP contribution >= 0.6 is 0 Å². The minimum absolute atomic E-state index is 0.983. The topological polar surface area (TPSA) is 25.3 Å². The summed E-state index contributed by atoms with van der Waals surface area (Å²) in [6, 6.07) is 9.93. The molecule has 3 rings (SSSR count). The lowest BCUT2D eigenvalue weighted by molar-refractivity contribution is -0.344. The predicted octanol–water partition coefficient (Wildman–Crippen LogP) is 15.3. The second-order valence-corrected chi connectivity index (χ2v) is 15.4. The van der Waals surface area contributed by atoms with Gasteiger partial charge in [-0.05, 0) is 148 Å². The monoisotopic (exact) mass is 681 g/mol. The Hall–Kier alpha value is -2.48. The normalized spacial score (nSPS) is 13.2. The number of benzene rings is 2. The molecule has 278 valence electrons. The Kier molecular flexibility index (Phi) is 20.0. The molecule has 0 radical (unpaired) electrons. The molecule has 2 aromatic rings. The van der Waals surface area contributed by atoms with Crippen LogP contribution in [0, 0.1) is 0 Å². The Bertz CT molecular complexity index is 1310. The Balaban J connectivity index is 2.18. The van der Waals surface area contributed by atoms with Crippen molar-refractivity contribution in [3.8, 4) is 0 Å². The molecule has 1 aliphatic heterocycles. The third-order valence-electron chi connectivity index (χ3n) is 11.1. The molecule has 0 bridgehead atoms. The molecule has 0 atom stereocenters. The highest BCUT2D eigenvalue weighted by atomic mass is 15.2. The maximum Gasteiger partial charge on any atom is 0.210 e. The van der Waals surface area contributed by atoms with E-state index in [2.05, 4.69) is 78.8 Å². The van der Waals surface area contributed by atoms with Gasteiger partial charge in [-0.25, -0.2) is 4.70 Å². The molecular formula is C48H76N2. The van der Waals surface area contributed by atoms with Crippen LogP contribution in [0.25, 0.3) is 16.9 Å². The lowest BCUT2D eigenvalue weighted by Gasteiger charge is -2.20. The van der Waals surface area contributed by atoms with Crippen molar-refractivity contribution in [1.82, 2.24) is 0 Å². The van der Waals surface area contributed by atoms with E-state index < -0.39 is 0 Å². The first-order valence-corrected chi connectivity index (χ1v) is 21.7. The summed E-state index contributed by atoms with van der Waals surface area (Å²) in [5.41, 5.74) is 27.5. The predicted molar refractivity (Wildman–Crippen MR) is 221 cm³/mol. The molecule has 0 spiro atoms. The van der Waals surface area contributed by atoms with Gasteiger partial charge >= 0.3 is 0 Å². The second kappa shape index (κ2) is 23.9. The van der Waals surface area contributed by atoms with Gasteiger partial charge in [-0.1, -0.05) is 119 Å². The summed E-state index contributed by atoms with van der Waals surface area (Å²) in [7, 11) is 0. The van der Waals surface area contributed by atoms with Gasteiger partial charge in [0.15, 0.2) is 0 Å². The van der Waals surface area contributed by atoms with Crippen molar-refractivity contribution in [2.24, 2.45) is 0 Å². The molecule has 50 heavy (non-hydrogen) atoms. The fraction of sp³-hybridized carbons (Fsp3) is 0.667. The number of allylic oxidation sites excluding steroid dienone is 2. The van der Waals surface area contributed by atoms with Crippen molar-refractivity contribution in [2.75, 3.05) is 0 Å². The van der Waals surface area contributed by atoms with Gasteiger partial charge in [0, 0.05) is 22.8 Å². The van der Waals surface area contributed by atoms with Crippen LogP contribution in [0.3, 0.4) is 0 Å². The van der Waals surface area contributed by atoms with E-state index in [4.69, 9.17) is 0 Å². The minimum atomic E-state index is 0.983. The zero-order valence-electron chi connectivity index (χ0n) is 34.0. The minimum Gasteiger partial charge on any atom is -0.493 e. The number of hydrogen-bond acceptors (Lipinski definition) is 0. The van der Waals surface area contributed by atoms with E-state index in [1.54, 1.807) is 15.8 Å². The van der Waals surface area contributed by atoms with E-state index >= 15 is 0 Å². The molecule has 1 aliphatic rings. The molecule has 0 N–H and O–H groups in total. The molecule has 2 heteroatoms. The largest absolute Gasteiger partial charge is 0.493 e. The van der Waals surface area contributed by atoms with Gasteiger partial charge in [-0.15, -0.1) is 0 Å². The zero-order valence-corrected chi connectivity index (χ0v) is 34.0. The van der Waals surface area contributed by atoms with Crippen molar-refractivity contribution in [3.63, 3.8) is 0 Å². The highest BCUT2D eigenvalue weighted by Gasteiger charge is 2.31. The van der Waals surface area contributed by atoms with Crippen LogP contribution in [0.1, 0.15) is 215 Å². The van der Waals surface area contributed by atoms with Crippen LogP contribution in [0.5, 0.6) is 0 Å². The van der Waals surface area contributed by atoms with Crippen LogP contribution in [-0.4, -0.2) is 4.70 Å². The highest BCUT2D eigenvalue weighted by molar-refractivity contribution is 5.79. The number of hydrogen-bond donors (Lipinski definition) is 0. The Morgan fingerprint density at radius 1 is 0.400 bits per heavy atom. The van der Waals surface area contributed by atoms with E-state index in [-0.39, 0.29) is 0 Å². The maximum absolute atomic E-state index is 12.4. The van der Waals surface area contributed by atoms with Gasteiger partial charge in [-0.2, -0.15) is 0 Å². The van der Waals surface area contributed by atoms with Crippen molar-refractivity contribution in [1.29, 1.82) is 0 Å². The number of rotatable bonds is 27. The van der Waals surface area contributed by atoms with Crippen molar-refractivity contribution >= 4 is 11.4 Å². The molecule has 2 aromatic carbocycles. The summed E-state index contributed by atoms with van der Waals surface area (Å²) >= 11 is 0. The molecule has 0 saturated carbocycles. The Labute approximate surface area is 310 Å². The Morgan fingerprint density at radius 3 is 1.10 bits per heavy atom. The van der Waals surface area contributed by atoms with Crippen LogP contribution < -0.4 is 0 Å². The van der Waals surface area contributed by atoms with Gasteiger partial charge in [0.1, 0.15) is 0 Å². The average Bonchev–Trinajstić information content (AvgIpc) is 3.45. The van der Waals surface area contributed by atoms with E-state index in [9.17, 15) is 5.53 Å². The average molecular weight is 681 g/mol. The molecule has 0 aliphatic carbocycles. The smallest absolute Gasteiger partial charge is 0.210 e. The van der Waals surface area contributed by atoms with Crippen molar-refractivity contribution in [2.45, 2.75) is 209 Å². The first-order valence-electron chi connectivity index (χ1n) is 21.7. The second-order valence-electron chi connectivity index (χ2n) is 15.4. The summed E-state index contributed by atoms with van der Waals surface area (Å²) in [6.07, 6.45) is 32.6. The molecule has 1 heterocycles. The van der Waals surface area contributed by atoms with E-state index in [0.29, 0.717) is 0 Å². The van der Waals surface area contributed by atoms with E-state index in [1.807, 2.05) is 0 Å². The molecule has 0 unspecified atom stereocenters. The van der Waals surface area contributed by atoms with Gasteiger partial charge in [0.2, 0.25) is 11.4 Å². The molecule has 2 nitrogen and oxygen atoms in total. The zero-order chi connectivity index (χ0) is 36.1. The van der Waals surface area contributed by atoms with Crippen LogP contribution in [0.15, 0.2) is 35.9 Å². The van der Waals surface area contributed by atoms with Crippen LogP contribution in [0.2, 0.25) is 0 Å². The molecule has 0 fully saturated rings. The lowest BCUT2D eigenvalue weighted by atomic mass is 9.87. The summed E-state index contributed by atoms with van der Waals surface area (Å²) in [4.78, 5) is 0. The van der Waals surface area contributed by atoms with Crippen molar-refractivity contribution < 1.29 is 4.70 Å². The van der Waals surface area contributed by atoms with Gasteiger partial charge in [0.25, 0.3) is 0 Å². The van der Waals surface area contributed by atoms with E-state index in [1.165, 1.54) is 155 Å². The molecule has 0 amide bonds. The highest BCUT2D eigenvalue weighted by Crippen LogP contribution is 2.40. The van der Waals surface area contributed by atoms with Gasteiger partial charge < -0.3 is 5.53 Å². The fourth-order valence-corrected chi connectivity index (χ4v) is 8.01. The summed E-state index contributed by atoms with van der Waals surface area (Å²) < 4.78 is 1.62. The SMILES string of the molecule is CCCCCc1cc(C2=CC(CCCC)=C(c3cc(CCCCC)c(CCCC)c(CCCCC)c3)[N+]2=[N-])cc(CCCCC)c1CCCC. The summed E-state index contributed by atoms with van der Waals surface area (Å²) in [5, 5.41) is 0. The molecular weight excluding hydrogens is 605 g/mol. The van der Waals surface area contributed by atoms with Crippen LogP contribution in [0.4, 0.5) is 0 Å².